The summed E-state index contributed by atoms with van der Waals surface area (Å²) in [4.78, 5) is 12.5. The van der Waals surface area contributed by atoms with Crippen molar-refractivity contribution in [3.05, 3.63) is 59.4 Å². The van der Waals surface area contributed by atoms with Crippen LogP contribution in [-0.2, 0) is 13.5 Å². The van der Waals surface area contributed by atoms with Gasteiger partial charge in [-0.3, -0.25) is 9.48 Å². The number of hydrogen-bond donors (Lipinski definition) is 1. The smallest absolute Gasteiger partial charge is 0.282 e. The van der Waals surface area contributed by atoms with Crippen LogP contribution < -0.4 is 5.32 Å². The number of carbonyl (C=O) groups excluding carboxylic acids is 1. The van der Waals surface area contributed by atoms with Crippen molar-refractivity contribution in [3.8, 4) is 0 Å². The monoisotopic (exact) mass is 389 g/mol. The summed E-state index contributed by atoms with van der Waals surface area (Å²) in [7, 11) is 1.52. The van der Waals surface area contributed by atoms with Gasteiger partial charge in [-0.25, -0.2) is 8.78 Å². The highest BCUT2D eigenvalue weighted by Crippen LogP contribution is 2.45. The predicted octanol–water partition coefficient (Wildman–Crippen LogP) is 5.88. The van der Waals surface area contributed by atoms with Crippen LogP contribution in [0.3, 0.4) is 0 Å². The highest BCUT2D eigenvalue weighted by molar-refractivity contribution is 6.05. The molecular weight excluding hydrogens is 360 g/mol. The Kier molecular flexibility index (Phi) is 7.49. The molecule has 2 aromatic rings. The van der Waals surface area contributed by atoms with E-state index in [-0.39, 0.29) is 5.56 Å². The van der Waals surface area contributed by atoms with E-state index in [0.717, 1.165) is 18.4 Å². The molecule has 0 saturated heterocycles. The minimum absolute atomic E-state index is 0.0925. The number of allylic oxidation sites excluding steroid dienone is 1. The summed E-state index contributed by atoms with van der Waals surface area (Å²) in [5, 5.41) is 6.49. The Hall–Kier alpha value is -2.50. The number of fused-ring (bicyclic) bond motifs is 1. The van der Waals surface area contributed by atoms with E-state index in [9.17, 15) is 13.6 Å². The highest BCUT2D eigenvalue weighted by atomic mass is 19.3. The first kappa shape index (κ1) is 21.8. The molecule has 28 heavy (non-hydrogen) atoms. The van der Waals surface area contributed by atoms with Crippen molar-refractivity contribution in [2.45, 2.75) is 52.4 Å². The van der Waals surface area contributed by atoms with Crippen LogP contribution in [0.4, 0.5) is 14.5 Å². The summed E-state index contributed by atoms with van der Waals surface area (Å²) in [6.07, 6.45) is 3.53. The van der Waals surface area contributed by atoms with E-state index < -0.39 is 18.0 Å². The number of rotatable bonds is 6. The van der Waals surface area contributed by atoms with Crippen molar-refractivity contribution < 1.29 is 13.6 Å². The molecule has 0 bridgehead atoms. The molecule has 0 radical (unpaired) electrons. The van der Waals surface area contributed by atoms with Crippen LogP contribution in [0, 0.1) is 5.92 Å². The molecule has 2 atom stereocenters. The van der Waals surface area contributed by atoms with Gasteiger partial charge in [-0.2, -0.15) is 5.10 Å². The van der Waals surface area contributed by atoms with Gasteiger partial charge in [0, 0.05) is 18.9 Å². The van der Waals surface area contributed by atoms with Crippen LogP contribution in [0.15, 0.2) is 37.1 Å². The lowest BCUT2D eigenvalue weighted by Crippen LogP contribution is -2.26. The molecule has 0 saturated carbocycles. The Morgan fingerprint density at radius 1 is 1.43 bits per heavy atom. The summed E-state index contributed by atoms with van der Waals surface area (Å²) >= 11 is 0. The molecule has 1 aliphatic carbocycles. The van der Waals surface area contributed by atoms with E-state index in [1.54, 1.807) is 0 Å². The molecule has 1 aromatic heterocycles. The second-order valence-electron chi connectivity index (χ2n) is 7.25. The summed E-state index contributed by atoms with van der Waals surface area (Å²) < 4.78 is 27.4. The number of halogens is 2. The van der Waals surface area contributed by atoms with Gasteiger partial charge in [0.1, 0.15) is 5.69 Å². The lowest BCUT2D eigenvalue weighted by molar-refractivity contribution is 0.101. The van der Waals surface area contributed by atoms with Crippen LogP contribution in [0.25, 0.3) is 0 Å². The van der Waals surface area contributed by atoms with Crippen molar-refractivity contribution in [1.29, 1.82) is 0 Å². The largest absolute Gasteiger partial charge is 0.322 e. The maximum atomic E-state index is 13.1. The summed E-state index contributed by atoms with van der Waals surface area (Å²) in [6.45, 7) is 10.2. The second kappa shape index (κ2) is 9.62. The maximum absolute atomic E-state index is 13.1. The first-order chi connectivity index (χ1) is 13.3. The predicted molar refractivity (Wildman–Crippen MR) is 109 cm³/mol. The van der Waals surface area contributed by atoms with E-state index >= 15 is 0 Å². The number of aryl methyl sites for hydroxylation is 1. The van der Waals surface area contributed by atoms with Gasteiger partial charge in [0.25, 0.3) is 12.3 Å². The van der Waals surface area contributed by atoms with Gasteiger partial charge in [-0.1, -0.05) is 45.4 Å². The zero-order chi connectivity index (χ0) is 20.8. The molecule has 1 aliphatic rings. The van der Waals surface area contributed by atoms with Crippen molar-refractivity contribution >= 4 is 11.6 Å². The zero-order valence-corrected chi connectivity index (χ0v) is 17.0. The molecule has 6 heteroatoms. The van der Waals surface area contributed by atoms with Gasteiger partial charge < -0.3 is 5.32 Å². The lowest BCUT2D eigenvalue weighted by Gasteiger charge is -2.36. The van der Waals surface area contributed by atoms with Crippen molar-refractivity contribution in [2.24, 2.45) is 13.0 Å². The van der Waals surface area contributed by atoms with Crippen LogP contribution in [0.1, 0.15) is 73.1 Å². The molecule has 2 unspecified atom stereocenters. The van der Waals surface area contributed by atoms with E-state index in [1.165, 1.54) is 29.9 Å². The summed E-state index contributed by atoms with van der Waals surface area (Å²) in [6, 6.07) is 5.73. The molecule has 4 nitrogen and oxygen atoms in total. The summed E-state index contributed by atoms with van der Waals surface area (Å²) in [5.41, 5.74) is 2.40. The Labute approximate surface area is 165 Å². The number of amides is 1. The molecule has 0 spiro atoms. The number of carbonyl (C=O) groups is 1. The Balaban J connectivity index is 0.000000878. The second-order valence-corrected chi connectivity index (χ2v) is 7.25. The van der Waals surface area contributed by atoms with Gasteiger partial charge in [0.15, 0.2) is 0 Å². The minimum atomic E-state index is -2.79. The average Bonchev–Trinajstić information content (AvgIpc) is 2.99. The quantitative estimate of drug-likeness (QED) is 0.627. The fourth-order valence-electron chi connectivity index (χ4n) is 3.49. The fraction of sp³-hybridized carbons (Fsp3) is 0.455. The van der Waals surface area contributed by atoms with Gasteiger partial charge in [-0.05, 0) is 41.9 Å². The van der Waals surface area contributed by atoms with Crippen molar-refractivity contribution in [2.75, 3.05) is 5.32 Å². The van der Waals surface area contributed by atoms with Crippen LogP contribution in [-0.4, -0.2) is 15.7 Å². The number of nitrogens with zero attached hydrogens (tertiary/aromatic N) is 2. The Bertz CT molecular complexity index is 829. The normalized spacial score (nSPS) is 15.8. The molecular formula is C22H29F2N3O. The van der Waals surface area contributed by atoms with Crippen LogP contribution in [0.2, 0.25) is 0 Å². The van der Waals surface area contributed by atoms with Gasteiger partial charge >= 0.3 is 0 Å². The molecule has 1 amide bonds. The highest BCUT2D eigenvalue weighted by Gasteiger charge is 2.33. The molecule has 0 fully saturated rings. The number of alkyl halides is 2. The number of anilines is 1. The molecule has 152 valence electrons. The number of benzene rings is 1. The maximum Gasteiger partial charge on any atom is 0.282 e. The van der Waals surface area contributed by atoms with E-state index in [0.29, 0.717) is 17.5 Å². The van der Waals surface area contributed by atoms with Gasteiger partial charge in [-0.15, -0.1) is 6.58 Å². The molecule has 1 heterocycles. The number of aromatic nitrogens is 2. The van der Waals surface area contributed by atoms with E-state index in [2.05, 4.69) is 37.8 Å². The third-order valence-electron chi connectivity index (χ3n) is 4.79. The Morgan fingerprint density at radius 3 is 2.71 bits per heavy atom. The van der Waals surface area contributed by atoms with Crippen molar-refractivity contribution in [3.63, 3.8) is 0 Å². The topological polar surface area (TPSA) is 46.9 Å². The van der Waals surface area contributed by atoms with Gasteiger partial charge in [0.05, 0.1) is 5.56 Å². The summed E-state index contributed by atoms with van der Waals surface area (Å²) in [5.74, 6) is 0.199. The molecule has 1 aromatic carbocycles. The molecule has 0 aliphatic heterocycles. The zero-order valence-electron chi connectivity index (χ0n) is 17.0. The van der Waals surface area contributed by atoms with Crippen molar-refractivity contribution in [1.82, 2.24) is 9.78 Å². The first-order valence-corrected chi connectivity index (χ1v) is 9.69. The van der Waals surface area contributed by atoms with Crippen LogP contribution >= 0.6 is 0 Å². The minimum Gasteiger partial charge on any atom is -0.322 e. The Morgan fingerprint density at radius 2 is 2.11 bits per heavy atom. The third-order valence-corrected chi connectivity index (χ3v) is 4.79. The average molecular weight is 389 g/mol. The number of nitrogens with one attached hydrogen (secondary N) is 1. The first-order valence-electron chi connectivity index (χ1n) is 9.69. The standard InChI is InChI=1S/C19H21F2N3O.C3H8/c1-4-6-11(2)13-9-12-7-5-8-15(16(12)13)22-19(25)14-10-24(3)23-17(14)18(20)21;1-3-2/h4-5,7-8,10-11,13,18H,1,6,9H2,2-3H3,(H,22,25);3H2,1-2H3. The van der Waals surface area contributed by atoms with E-state index in [4.69, 9.17) is 0 Å². The third kappa shape index (κ3) is 4.66. The van der Waals surface area contributed by atoms with E-state index in [1.807, 2.05) is 24.3 Å². The number of hydrogen-bond acceptors (Lipinski definition) is 2. The molecule has 3 rings (SSSR count). The molecule has 1 N–H and O–H groups in total. The lowest BCUT2D eigenvalue weighted by atomic mass is 9.69. The SMILES string of the molecule is C=CCC(C)C1Cc2cccc(NC(=O)c3cn(C)nc3C(F)F)c21.CCC. The fourth-order valence-corrected chi connectivity index (χ4v) is 3.49. The van der Waals surface area contributed by atoms with Crippen LogP contribution in [0.5, 0.6) is 0 Å². The van der Waals surface area contributed by atoms with Gasteiger partial charge in [0.2, 0.25) is 0 Å².